The lowest BCUT2D eigenvalue weighted by molar-refractivity contribution is 0.0727. The number of hydrogen-bond acceptors (Lipinski definition) is 4. The highest BCUT2D eigenvalue weighted by Gasteiger charge is 2.24. The normalized spacial score (nSPS) is 13.4. The zero-order chi connectivity index (χ0) is 19.8. The van der Waals surface area contributed by atoms with Crippen molar-refractivity contribution < 1.29 is 4.79 Å². The Hall–Kier alpha value is -3.74. The van der Waals surface area contributed by atoms with Gasteiger partial charge in [0.25, 0.3) is 11.5 Å². The van der Waals surface area contributed by atoms with Crippen molar-refractivity contribution in [2.75, 3.05) is 6.54 Å². The summed E-state index contributed by atoms with van der Waals surface area (Å²) in [6.45, 7) is 1.34. The maximum Gasteiger partial charge on any atom is 0.270 e. The molecule has 1 aromatic carbocycles. The van der Waals surface area contributed by atoms with Gasteiger partial charge in [-0.25, -0.2) is 4.68 Å². The number of aromatic nitrogens is 4. The van der Waals surface area contributed by atoms with Crippen molar-refractivity contribution in [3.8, 4) is 0 Å². The molecule has 0 aliphatic carbocycles. The van der Waals surface area contributed by atoms with Gasteiger partial charge in [0.15, 0.2) is 0 Å². The van der Waals surface area contributed by atoms with Crippen LogP contribution >= 0.6 is 0 Å². The van der Waals surface area contributed by atoms with Gasteiger partial charge in [0.2, 0.25) is 0 Å². The summed E-state index contributed by atoms with van der Waals surface area (Å²) in [5.74, 6) is -0.0635. The topological polar surface area (TPSA) is 83.9 Å². The van der Waals surface area contributed by atoms with Gasteiger partial charge in [0.05, 0.1) is 12.2 Å². The van der Waals surface area contributed by atoms with Crippen molar-refractivity contribution in [1.82, 2.24) is 24.6 Å². The number of para-hydroxylation sites is 1. The van der Waals surface area contributed by atoms with Crippen LogP contribution in [0.25, 0.3) is 10.9 Å². The number of nitrogens with one attached hydrogen (secondary N) is 1. The molecule has 0 saturated carbocycles. The summed E-state index contributed by atoms with van der Waals surface area (Å²) in [6, 6.07) is 15.0. The van der Waals surface area contributed by atoms with Crippen LogP contribution in [0.2, 0.25) is 0 Å². The summed E-state index contributed by atoms with van der Waals surface area (Å²) in [5, 5.41) is 5.55. The van der Waals surface area contributed by atoms with Gasteiger partial charge in [-0.2, -0.15) is 5.10 Å². The molecule has 0 atom stereocenters. The SMILES string of the molecule is O=C(c1cc2ccccc2[nH]1)N1CCc2nn(Cc3cccnc3)c(=O)cc2C1. The fourth-order valence-electron chi connectivity index (χ4n) is 3.75. The minimum Gasteiger partial charge on any atom is -0.351 e. The van der Waals surface area contributed by atoms with E-state index < -0.39 is 0 Å². The maximum absolute atomic E-state index is 13.0. The molecule has 0 spiro atoms. The molecule has 0 radical (unpaired) electrons. The van der Waals surface area contributed by atoms with Crippen LogP contribution in [0.3, 0.4) is 0 Å². The lowest BCUT2D eigenvalue weighted by Crippen LogP contribution is -2.38. The average Bonchev–Trinajstić information content (AvgIpc) is 3.18. The molecule has 3 aromatic heterocycles. The molecular formula is C22H19N5O2. The van der Waals surface area contributed by atoms with E-state index in [4.69, 9.17) is 0 Å². The quantitative estimate of drug-likeness (QED) is 0.587. The first-order valence-electron chi connectivity index (χ1n) is 9.53. The van der Waals surface area contributed by atoms with Crippen LogP contribution < -0.4 is 5.56 Å². The molecule has 4 aromatic rings. The van der Waals surface area contributed by atoms with Crippen LogP contribution in [-0.4, -0.2) is 37.1 Å². The lowest BCUT2D eigenvalue weighted by Gasteiger charge is -2.28. The number of amides is 1. The zero-order valence-electron chi connectivity index (χ0n) is 15.7. The van der Waals surface area contributed by atoms with E-state index in [0.29, 0.717) is 31.7 Å². The molecule has 7 heteroatoms. The highest BCUT2D eigenvalue weighted by atomic mass is 16.2. The van der Waals surface area contributed by atoms with Gasteiger partial charge < -0.3 is 9.88 Å². The van der Waals surface area contributed by atoms with E-state index in [1.807, 2.05) is 42.5 Å². The van der Waals surface area contributed by atoms with Crippen molar-refractivity contribution in [3.63, 3.8) is 0 Å². The van der Waals surface area contributed by atoms with E-state index in [2.05, 4.69) is 15.1 Å². The molecule has 1 aliphatic rings. The summed E-state index contributed by atoms with van der Waals surface area (Å²) >= 11 is 0. The lowest BCUT2D eigenvalue weighted by atomic mass is 10.1. The van der Waals surface area contributed by atoms with Crippen molar-refractivity contribution in [2.45, 2.75) is 19.5 Å². The van der Waals surface area contributed by atoms with Gasteiger partial charge in [-0.1, -0.05) is 24.3 Å². The number of H-pyrrole nitrogens is 1. The first-order valence-corrected chi connectivity index (χ1v) is 9.53. The van der Waals surface area contributed by atoms with Crippen LogP contribution in [0.5, 0.6) is 0 Å². The monoisotopic (exact) mass is 385 g/mol. The third-order valence-corrected chi connectivity index (χ3v) is 5.25. The zero-order valence-corrected chi connectivity index (χ0v) is 15.7. The molecule has 0 fully saturated rings. The standard InChI is InChI=1S/C22H19N5O2/c28-21-11-17-14-26(22(29)20-10-16-5-1-2-6-18(16)24-20)9-7-19(17)25-27(21)13-15-4-3-8-23-12-15/h1-6,8,10-12,24H,7,9,13-14H2. The predicted octanol–water partition coefficient (Wildman–Crippen LogP) is 2.37. The van der Waals surface area contributed by atoms with Crippen molar-refractivity contribution >= 4 is 16.8 Å². The number of carbonyl (C=O) groups is 1. The Balaban J connectivity index is 1.38. The predicted molar refractivity (Wildman–Crippen MR) is 109 cm³/mol. The summed E-state index contributed by atoms with van der Waals surface area (Å²) < 4.78 is 1.46. The molecule has 1 aliphatic heterocycles. The number of nitrogens with zero attached hydrogens (tertiary/aromatic N) is 4. The molecule has 5 rings (SSSR count). The molecule has 7 nitrogen and oxygen atoms in total. The smallest absolute Gasteiger partial charge is 0.270 e. The first kappa shape index (κ1) is 17.4. The molecule has 1 N–H and O–H groups in total. The molecule has 0 saturated heterocycles. The highest BCUT2D eigenvalue weighted by Crippen LogP contribution is 2.20. The van der Waals surface area contributed by atoms with Gasteiger partial charge >= 0.3 is 0 Å². The summed E-state index contributed by atoms with van der Waals surface area (Å²) in [7, 11) is 0. The maximum atomic E-state index is 13.0. The number of aromatic amines is 1. The van der Waals surface area contributed by atoms with E-state index in [-0.39, 0.29) is 11.5 Å². The molecule has 0 unspecified atom stereocenters. The van der Waals surface area contributed by atoms with Crippen molar-refractivity contribution in [2.24, 2.45) is 0 Å². The summed E-state index contributed by atoms with van der Waals surface area (Å²) in [4.78, 5) is 34.5. The average molecular weight is 385 g/mol. The van der Waals surface area contributed by atoms with E-state index in [9.17, 15) is 9.59 Å². The van der Waals surface area contributed by atoms with Crippen LogP contribution in [0.1, 0.15) is 27.3 Å². The Morgan fingerprint density at radius 3 is 2.86 bits per heavy atom. The molecule has 1 amide bonds. The third kappa shape index (κ3) is 3.31. The van der Waals surface area contributed by atoms with Crippen LogP contribution in [0.4, 0.5) is 0 Å². The van der Waals surface area contributed by atoms with Gasteiger partial charge in [-0.3, -0.25) is 14.6 Å². The summed E-state index contributed by atoms with van der Waals surface area (Å²) in [5.41, 5.74) is 3.93. The third-order valence-electron chi connectivity index (χ3n) is 5.25. The van der Waals surface area contributed by atoms with Crippen molar-refractivity contribution in [3.05, 3.63) is 93.8 Å². The number of fused-ring (bicyclic) bond motifs is 2. The fourth-order valence-corrected chi connectivity index (χ4v) is 3.75. The Labute approximate surface area is 166 Å². The minimum atomic E-state index is -0.174. The van der Waals surface area contributed by atoms with Gasteiger partial charge in [-0.15, -0.1) is 0 Å². The molecule has 144 valence electrons. The largest absolute Gasteiger partial charge is 0.351 e. The Bertz CT molecular complexity index is 1230. The molecular weight excluding hydrogens is 366 g/mol. The number of benzene rings is 1. The van der Waals surface area contributed by atoms with E-state index >= 15 is 0 Å². The molecule has 0 bridgehead atoms. The first-order chi connectivity index (χ1) is 14.2. The molecule has 29 heavy (non-hydrogen) atoms. The fraction of sp³-hybridized carbons (Fsp3) is 0.182. The second-order valence-electron chi connectivity index (χ2n) is 7.22. The minimum absolute atomic E-state index is 0.0635. The summed E-state index contributed by atoms with van der Waals surface area (Å²) in [6.07, 6.45) is 4.05. The van der Waals surface area contributed by atoms with Crippen molar-refractivity contribution in [1.29, 1.82) is 0 Å². The van der Waals surface area contributed by atoms with Crippen LogP contribution in [0, 0.1) is 0 Å². The second kappa shape index (κ2) is 7.01. The Morgan fingerprint density at radius 2 is 2.03 bits per heavy atom. The molecule has 4 heterocycles. The van der Waals surface area contributed by atoms with E-state index in [0.717, 1.165) is 27.7 Å². The van der Waals surface area contributed by atoms with Crippen LogP contribution in [0.15, 0.2) is 65.7 Å². The number of rotatable bonds is 3. The number of pyridine rings is 1. The van der Waals surface area contributed by atoms with E-state index in [1.54, 1.807) is 23.4 Å². The van der Waals surface area contributed by atoms with Gasteiger partial charge in [-0.05, 0) is 23.8 Å². The van der Waals surface area contributed by atoms with Gasteiger partial charge in [0, 0.05) is 54.4 Å². The second-order valence-corrected chi connectivity index (χ2v) is 7.22. The van der Waals surface area contributed by atoms with Gasteiger partial charge in [0.1, 0.15) is 5.69 Å². The highest BCUT2D eigenvalue weighted by molar-refractivity contribution is 5.98. The number of carbonyl (C=O) groups excluding carboxylic acids is 1. The number of hydrogen-bond donors (Lipinski definition) is 1. The van der Waals surface area contributed by atoms with Crippen LogP contribution in [-0.2, 0) is 19.5 Å². The Morgan fingerprint density at radius 1 is 1.14 bits per heavy atom. The Kier molecular flexibility index (Phi) is 4.20. The van der Waals surface area contributed by atoms with E-state index in [1.165, 1.54) is 4.68 Å².